The van der Waals surface area contributed by atoms with Crippen molar-refractivity contribution in [1.82, 2.24) is 5.32 Å². The van der Waals surface area contributed by atoms with Gasteiger partial charge in [0.1, 0.15) is 0 Å². The van der Waals surface area contributed by atoms with Crippen LogP contribution in [0, 0.1) is 13.8 Å². The van der Waals surface area contributed by atoms with Crippen molar-refractivity contribution < 1.29 is 0 Å². The highest BCUT2D eigenvalue weighted by molar-refractivity contribution is 5.30. The van der Waals surface area contributed by atoms with E-state index in [1.54, 1.807) is 0 Å². The van der Waals surface area contributed by atoms with Crippen molar-refractivity contribution in [2.24, 2.45) is 0 Å². The molecular formula is C16H25N. The van der Waals surface area contributed by atoms with Crippen LogP contribution in [-0.4, -0.2) is 12.6 Å². The molecule has 1 nitrogen and oxygen atoms in total. The van der Waals surface area contributed by atoms with E-state index in [1.165, 1.54) is 61.8 Å². The van der Waals surface area contributed by atoms with Crippen LogP contribution in [0.4, 0.5) is 0 Å². The molecule has 1 N–H and O–H groups in total. The maximum Gasteiger partial charge on any atom is 0.00670 e. The summed E-state index contributed by atoms with van der Waals surface area (Å²) in [5, 5.41) is 3.68. The molecule has 0 saturated heterocycles. The molecule has 1 heteroatoms. The van der Waals surface area contributed by atoms with E-state index >= 15 is 0 Å². The molecule has 0 radical (unpaired) electrons. The Balaban J connectivity index is 1.70. The van der Waals surface area contributed by atoms with E-state index < -0.39 is 0 Å². The van der Waals surface area contributed by atoms with Gasteiger partial charge in [0.15, 0.2) is 0 Å². The maximum absolute atomic E-state index is 3.68. The standard InChI is InChI=1S/C16H25N/c1-13-9-10-15(14(2)12-13)6-5-11-17-16-7-3-4-8-16/h9-10,12,16-17H,3-8,11H2,1-2H3. The SMILES string of the molecule is Cc1ccc(CCCNC2CCCC2)c(C)c1. The lowest BCUT2D eigenvalue weighted by molar-refractivity contribution is 0.515. The van der Waals surface area contributed by atoms with Gasteiger partial charge in [-0.2, -0.15) is 0 Å². The molecule has 1 aliphatic rings. The Labute approximate surface area is 106 Å². The van der Waals surface area contributed by atoms with E-state index in [9.17, 15) is 0 Å². The van der Waals surface area contributed by atoms with Gasteiger partial charge < -0.3 is 5.32 Å². The average Bonchev–Trinajstić information content (AvgIpc) is 2.79. The van der Waals surface area contributed by atoms with E-state index in [1.807, 2.05) is 0 Å². The van der Waals surface area contributed by atoms with Crippen LogP contribution in [0.15, 0.2) is 18.2 Å². The first-order valence-corrected chi connectivity index (χ1v) is 7.05. The number of hydrogen-bond donors (Lipinski definition) is 1. The molecule has 0 amide bonds. The van der Waals surface area contributed by atoms with Gasteiger partial charge in [-0.25, -0.2) is 0 Å². The molecule has 1 saturated carbocycles. The van der Waals surface area contributed by atoms with Gasteiger partial charge >= 0.3 is 0 Å². The van der Waals surface area contributed by atoms with Crippen LogP contribution in [0.3, 0.4) is 0 Å². The monoisotopic (exact) mass is 231 g/mol. The molecule has 0 aliphatic heterocycles. The van der Waals surface area contributed by atoms with Crippen molar-refractivity contribution in [1.29, 1.82) is 0 Å². The lowest BCUT2D eigenvalue weighted by Crippen LogP contribution is -2.27. The van der Waals surface area contributed by atoms with Gasteiger partial charge in [0, 0.05) is 6.04 Å². The molecule has 1 aromatic carbocycles. The maximum atomic E-state index is 3.68. The lowest BCUT2D eigenvalue weighted by Gasteiger charge is -2.12. The van der Waals surface area contributed by atoms with Gasteiger partial charge in [0.25, 0.3) is 0 Å². The summed E-state index contributed by atoms with van der Waals surface area (Å²) >= 11 is 0. The van der Waals surface area contributed by atoms with Crippen LogP contribution < -0.4 is 5.32 Å². The molecule has 0 unspecified atom stereocenters. The van der Waals surface area contributed by atoms with Gasteiger partial charge in [-0.3, -0.25) is 0 Å². The summed E-state index contributed by atoms with van der Waals surface area (Å²) in [4.78, 5) is 0. The zero-order valence-corrected chi connectivity index (χ0v) is 11.3. The summed E-state index contributed by atoms with van der Waals surface area (Å²) in [7, 11) is 0. The predicted molar refractivity (Wildman–Crippen MR) is 74.5 cm³/mol. The first kappa shape index (κ1) is 12.6. The molecule has 17 heavy (non-hydrogen) atoms. The van der Waals surface area contributed by atoms with Gasteiger partial charge in [-0.05, 0) is 57.2 Å². The molecule has 0 atom stereocenters. The minimum absolute atomic E-state index is 0.814. The van der Waals surface area contributed by atoms with E-state index in [0.29, 0.717) is 0 Å². The summed E-state index contributed by atoms with van der Waals surface area (Å²) in [6.45, 7) is 5.57. The number of rotatable bonds is 5. The first-order valence-electron chi connectivity index (χ1n) is 7.05. The largest absolute Gasteiger partial charge is 0.314 e. The smallest absolute Gasteiger partial charge is 0.00670 e. The number of hydrogen-bond acceptors (Lipinski definition) is 1. The van der Waals surface area contributed by atoms with Crippen molar-refractivity contribution in [3.05, 3.63) is 34.9 Å². The second-order valence-electron chi connectivity index (χ2n) is 5.47. The molecule has 94 valence electrons. The molecule has 0 heterocycles. The van der Waals surface area contributed by atoms with Crippen LogP contribution in [0.25, 0.3) is 0 Å². The van der Waals surface area contributed by atoms with E-state index in [2.05, 4.69) is 37.4 Å². The van der Waals surface area contributed by atoms with Crippen LogP contribution >= 0.6 is 0 Å². The highest BCUT2D eigenvalue weighted by atomic mass is 14.9. The van der Waals surface area contributed by atoms with Gasteiger partial charge in [-0.15, -0.1) is 0 Å². The third kappa shape index (κ3) is 3.85. The zero-order valence-electron chi connectivity index (χ0n) is 11.3. The fourth-order valence-electron chi connectivity index (χ4n) is 2.84. The number of nitrogens with one attached hydrogen (secondary N) is 1. The van der Waals surface area contributed by atoms with Crippen LogP contribution in [0.5, 0.6) is 0 Å². The summed E-state index contributed by atoms with van der Waals surface area (Å²) in [5.74, 6) is 0. The van der Waals surface area contributed by atoms with E-state index in [4.69, 9.17) is 0 Å². The summed E-state index contributed by atoms with van der Waals surface area (Å²) in [6.07, 6.45) is 8.11. The second-order valence-corrected chi connectivity index (χ2v) is 5.47. The Morgan fingerprint density at radius 3 is 2.65 bits per heavy atom. The van der Waals surface area contributed by atoms with Crippen molar-refractivity contribution in [3.63, 3.8) is 0 Å². The molecular weight excluding hydrogens is 206 g/mol. The minimum Gasteiger partial charge on any atom is -0.314 e. The lowest BCUT2D eigenvalue weighted by atomic mass is 10.0. The number of aryl methyl sites for hydroxylation is 3. The molecule has 0 aromatic heterocycles. The van der Waals surface area contributed by atoms with Gasteiger partial charge in [-0.1, -0.05) is 36.6 Å². The molecule has 1 fully saturated rings. The van der Waals surface area contributed by atoms with Crippen LogP contribution in [0.2, 0.25) is 0 Å². The van der Waals surface area contributed by atoms with E-state index in [0.717, 1.165) is 6.04 Å². The van der Waals surface area contributed by atoms with Crippen LogP contribution in [-0.2, 0) is 6.42 Å². The Hall–Kier alpha value is -0.820. The average molecular weight is 231 g/mol. The molecule has 2 rings (SSSR count). The number of benzene rings is 1. The summed E-state index contributed by atoms with van der Waals surface area (Å²) < 4.78 is 0. The fourth-order valence-corrected chi connectivity index (χ4v) is 2.84. The summed E-state index contributed by atoms with van der Waals surface area (Å²) in [6, 6.07) is 7.63. The second kappa shape index (κ2) is 6.20. The normalized spacial score (nSPS) is 16.6. The van der Waals surface area contributed by atoms with E-state index in [-0.39, 0.29) is 0 Å². The minimum atomic E-state index is 0.814. The molecule has 0 spiro atoms. The Bertz CT molecular complexity index is 351. The Morgan fingerprint density at radius 1 is 1.18 bits per heavy atom. The van der Waals surface area contributed by atoms with Crippen LogP contribution in [0.1, 0.15) is 48.8 Å². The molecule has 1 aromatic rings. The van der Waals surface area contributed by atoms with Crippen molar-refractivity contribution in [3.8, 4) is 0 Å². The third-order valence-electron chi connectivity index (χ3n) is 3.91. The molecule has 0 bridgehead atoms. The van der Waals surface area contributed by atoms with Gasteiger partial charge in [0.2, 0.25) is 0 Å². The fraction of sp³-hybridized carbons (Fsp3) is 0.625. The quantitative estimate of drug-likeness (QED) is 0.761. The molecule has 1 aliphatic carbocycles. The third-order valence-corrected chi connectivity index (χ3v) is 3.91. The summed E-state index contributed by atoms with van der Waals surface area (Å²) in [5.41, 5.74) is 4.34. The van der Waals surface area contributed by atoms with Crippen molar-refractivity contribution in [2.45, 2.75) is 58.4 Å². The van der Waals surface area contributed by atoms with Crippen molar-refractivity contribution in [2.75, 3.05) is 6.54 Å². The predicted octanol–water partition coefficient (Wildman–Crippen LogP) is 3.77. The zero-order chi connectivity index (χ0) is 12.1. The van der Waals surface area contributed by atoms with Gasteiger partial charge in [0.05, 0.1) is 0 Å². The highest BCUT2D eigenvalue weighted by Gasteiger charge is 2.13. The van der Waals surface area contributed by atoms with Crippen molar-refractivity contribution >= 4 is 0 Å². The first-order chi connectivity index (χ1) is 8.25. The Morgan fingerprint density at radius 2 is 1.94 bits per heavy atom. The Kier molecular flexibility index (Phi) is 4.61. The highest BCUT2D eigenvalue weighted by Crippen LogP contribution is 2.17. The topological polar surface area (TPSA) is 12.0 Å².